The van der Waals surface area contributed by atoms with E-state index in [1.807, 2.05) is 0 Å². The highest BCUT2D eigenvalue weighted by atomic mass is 35.5. The van der Waals surface area contributed by atoms with Gasteiger partial charge in [-0.2, -0.15) is 8.61 Å². The van der Waals surface area contributed by atoms with E-state index >= 15 is 0 Å². The molecule has 1 saturated heterocycles. The topological polar surface area (TPSA) is 74.8 Å². The lowest BCUT2D eigenvalue weighted by atomic mass is 10.2. The van der Waals surface area contributed by atoms with E-state index in [-0.39, 0.29) is 35.3 Å². The molecule has 0 radical (unpaired) electrons. The third-order valence-corrected chi connectivity index (χ3v) is 9.75. The van der Waals surface area contributed by atoms with E-state index in [0.717, 1.165) is 23.5 Å². The fraction of sp³-hybridized carbons (Fsp3) is 0.333. The van der Waals surface area contributed by atoms with Gasteiger partial charge < -0.3 is 0 Å². The molecule has 3 rings (SSSR count). The van der Waals surface area contributed by atoms with Crippen molar-refractivity contribution in [3.8, 4) is 0 Å². The van der Waals surface area contributed by atoms with Crippen LogP contribution in [0.1, 0.15) is 5.56 Å². The van der Waals surface area contributed by atoms with Gasteiger partial charge in [0.05, 0.1) is 9.23 Å². The summed E-state index contributed by atoms with van der Waals surface area (Å²) in [6, 6.07) is 6.44. The number of piperazine rings is 1. The molecule has 0 amide bonds. The zero-order valence-corrected chi connectivity index (χ0v) is 16.9. The van der Waals surface area contributed by atoms with Crippen LogP contribution in [-0.4, -0.2) is 51.6 Å². The summed E-state index contributed by atoms with van der Waals surface area (Å²) in [5.41, 5.74) is 0.313. The van der Waals surface area contributed by atoms with E-state index in [9.17, 15) is 21.2 Å². The van der Waals surface area contributed by atoms with Gasteiger partial charge in [-0.05, 0) is 42.8 Å². The van der Waals surface area contributed by atoms with Crippen molar-refractivity contribution in [2.45, 2.75) is 16.0 Å². The van der Waals surface area contributed by atoms with E-state index in [1.165, 1.54) is 33.7 Å². The molecule has 1 aromatic carbocycles. The summed E-state index contributed by atoms with van der Waals surface area (Å²) < 4.78 is 66.9. The molecule has 0 N–H and O–H groups in total. The molecule has 11 heteroatoms. The summed E-state index contributed by atoms with van der Waals surface area (Å²) in [5, 5.41) is 0. The predicted octanol–water partition coefficient (Wildman–Crippen LogP) is 2.54. The monoisotopic (exact) mass is 438 g/mol. The third-order valence-electron chi connectivity index (χ3n) is 4.10. The van der Waals surface area contributed by atoms with Gasteiger partial charge in [-0.15, -0.1) is 11.3 Å². The second-order valence-corrected chi connectivity index (χ2v) is 11.6. The Kier molecular flexibility index (Phi) is 5.44. The molecule has 2 heterocycles. The molecule has 1 aliphatic rings. The maximum absolute atomic E-state index is 13.2. The smallest absolute Gasteiger partial charge is 0.207 e. The van der Waals surface area contributed by atoms with E-state index in [0.29, 0.717) is 9.90 Å². The minimum atomic E-state index is -3.81. The SMILES string of the molecule is Cc1cc(F)ccc1S(=O)(=O)N1CCN(S(=O)(=O)c2ccc(Cl)s2)CC1. The maximum atomic E-state index is 13.2. The standard InChI is InChI=1S/C15H16ClFN2O4S3/c1-11-10-12(17)2-3-13(11)25(20,21)18-6-8-19(9-7-18)26(22,23)15-5-4-14(16)24-15/h2-5,10H,6-9H2,1H3. The van der Waals surface area contributed by atoms with Crippen LogP contribution in [-0.2, 0) is 20.0 Å². The first kappa shape index (κ1) is 19.7. The van der Waals surface area contributed by atoms with Gasteiger partial charge in [0.1, 0.15) is 10.0 Å². The van der Waals surface area contributed by atoms with Crippen LogP contribution < -0.4 is 0 Å². The average molecular weight is 439 g/mol. The Morgan fingerprint density at radius 2 is 1.54 bits per heavy atom. The fourth-order valence-electron chi connectivity index (χ4n) is 2.76. The second kappa shape index (κ2) is 7.17. The van der Waals surface area contributed by atoms with Gasteiger partial charge in [-0.1, -0.05) is 11.6 Å². The maximum Gasteiger partial charge on any atom is 0.252 e. The molecule has 0 spiro atoms. The van der Waals surface area contributed by atoms with Crippen molar-refractivity contribution < 1.29 is 21.2 Å². The Labute approximate surface area is 160 Å². The first-order chi connectivity index (χ1) is 12.1. The molecule has 1 fully saturated rings. The predicted molar refractivity (Wildman–Crippen MR) is 98.0 cm³/mol. The van der Waals surface area contributed by atoms with Gasteiger partial charge in [0, 0.05) is 26.2 Å². The molecule has 0 aliphatic carbocycles. The summed E-state index contributed by atoms with van der Waals surface area (Å²) in [7, 11) is -7.50. The van der Waals surface area contributed by atoms with Crippen molar-refractivity contribution >= 4 is 43.0 Å². The first-order valence-corrected chi connectivity index (χ1v) is 11.7. The molecule has 0 bridgehead atoms. The number of sulfonamides is 2. The highest BCUT2D eigenvalue weighted by molar-refractivity contribution is 7.91. The second-order valence-electron chi connectivity index (χ2n) is 5.78. The lowest BCUT2D eigenvalue weighted by molar-refractivity contribution is 0.273. The molecule has 26 heavy (non-hydrogen) atoms. The molecule has 1 aliphatic heterocycles. The van der Waals surface area contributed by atoms with Crippen LogP contribution in [0.3, 0.4) is 0 Å². The van der Waals surface area contributed by atoms with Crippen molar-refractivity contribution in [3.05, 3.63) is 46.0 Å². The van der Waals surface area contributed by atoms with Crippen LogP contribution in [0.4, 0.5) is 4.39 Å². The molecular formula is C15H16ClFN2O4S3. The van der Waals surface area contributed by atoms with Crippen LogP contribution in [0.25, 0.3) is 0 Å². The Morgan fingerprint density at radius 3 is 2.04 bits per heavy atom. The number of benzene rings is 1. The van der Waals surface area contributed by atoms with Gasteiger partial charge in [0.25, 0.3) is 10.0 Å². The van der Waals surface area contributed by atoms with Crippen molar-refractivity contribution in [2.24, 2.45) is 0 Å². The number of halogens is 2. The van der Waals surface area contributed by atoms with E-state index in [1.54, 1.807) is 0 Å². The van der Waals surface area contributed by atoms with Crippen molar-refractivity contribution in [2.75, 3.05) is 26.2 Å². The number of nitrogens with zero attached hydrogens (tertiary/aromatic N) is 2. The van der Waals surface area contributed by atoms with Crippen molar-refractivity contribution in [3.63, 3.8) is 0 Å². The number of hydrogen-bond donors (Lipinski definition) is 0. The summed E-state index contributed by atoms with van der Waals surface area (Å²) in [6.45, 7) is 1.65. The van der Waals surface area contributed by atoms with Crippen molar-refractivity contribution in [1.82, 2.24) is 8.61 Å². The number of rotatable bonds is 4. The van der Waals surface area contributed by atoms with Gasteiger partial charge in [0.15, 0.2) is 0 Å². The van der Waals surface area contributed by atoms with Gasteiger partial charge in [-0.25, -0.2) is 21.2 Å². The van der Waals surface area contributed by atoms with Gasteiger partial charge >= 0.3 is 0 Å². The minimum absolute atomic E-state index is 0.0253. The van der Waals surface area contributed by atoms with E-state index in [4.69, 9.17) is 11.6 Å². The Hall–Kier alpha value is -1.04. The minimum Gasteiger partial charge on any atom is -0.207 e. The fourth-order valence-corrected chi connectivity index (χ4v) is 7.44. The molecule has 0 saturated carbocycles. The van der Waals surface area contributed by atoms with Crippen LogP contribution >= 0.6 is 22.9 Å². The van der Waals surface area contributed by atoms with E-state index in [2.05, 4.69) is 0 Å². The highest BCUT2D eigenvalue weighted by Crippen LogP contribution is 2.29. The number of aryl methyl sites for hydroxylation is 1. The molecular weight excluding hydrogens is 423 g/mol. The van der Waals surface area contributed by atoms with Crippen molar-refractivity contribution in [1.29, 1.82) is 0 Å². The van der Waals surface area contributed by atoms with Crippen LogP contribution in [0.5, 0.6) is 0 Å². The molecule has 6 nitrogen and oxygen atoms in total. The lowest BCUT2D eigenvalue weighted by Crippen LogP contribution is -2.50. The molecule has 0 atom stereocenters. The third kappa shape index (κ3) is 3.67. The molecule has 142 valence electrons. The van der Waals surface area contributed by atoms with Gasteiger partial charge in [-0.3, -0.25) is 0 Å². The van der Waals surface area contributed by atoms with Crippen LogP contribution in [0.15, 0.2) is 39.4 Å². The number of thiophene rings is 1. The lowest BCUT2D eigenvalue weighted by Gasteiger charge is -2.33. The summed E-state index contributed by atoms with van der Waals surface area (Å²) in [4.78, 5) is 0.0280. The molecule has 2 aromatic rings. The van der Waals surface area contributed by atoms with Gasteiger partial charge in [0.2, 0.25) is 10.0 Å². The Morgan fingerprint density at radius 1 is 0.962 bits per heavy atom. The van der Waals surface area contributed by atoms with E-state index < -0.39 is 25.9 Å². The van der Waals surface area contributed by atoms with Crippen LogP contribution in [0.2, 0.25) is 4.34 Å². The first-order valence-electron chi connectivity index (χ1n) is 7.64. The average Bonchev–Trinajstić information content (AvgIpc) is 3.02. The zero-order valence-electron chi connectivity index (χ0n) is 13.7. The summed E-state index contributed by atoms with van der Waals surface area (Å²) in [5.74, 6) is -0.507. The normalized spacial score (nSPS) is 17.5. The zero-order chi connectivity index (χ0) is 19.1. The van der Waals surface area contributed by atoms with Crippen LogP contribution in [0, 0.1) is 12.7 Å². The highest BCUT2D eigenvalue weighted by Gasteiger charge is 2.34. The molecule has 1 aromatic heterocycles. The Bertz CT molecular complexity index is 1030. The summed E-state index contributed by atoms with van der Waals surface area (Å²) in [6.07, 6.45) is 0. The Balaban J connectivity index is 1.78. The largest absolute Gasteiger partial charge is 0.252 e. The quantitative estimate of drug-likeness (QED) is 0.735. The summed E-state index contributed by atoms with van der Waals surface area (Å²) >= 11 is 6.77. The molecule has 0 unspecified atom stereocenters. The number of hydrogen-bond acceptors (Lipinski definition) is 5.